The Morgan fingerprint density at radius 3 is 1.52 bits per heavy atom. The van der Waals surface area contributed by atoms with E-state index < -0.39 is 12.3 Å². The van der Waals surface area contributed by atoms with Gasteiger partial charge in [0.2, 0.25) is 11.8 Å². The number of alkyl halides is 2. The molecule has 4 saturated heterocycles. The second kappa shape index (κ2) is 28.7. The molecule has 4 aromatic carbocycles. The van der Waals surface area contributed by atoms with Crippen molar-refractivity contribution in [3.63, 3.8) is 0 Å². The zero-order valence-corrected chi connectivity index (χ0v) is 50.0. The number of piperazine rings is 2. The molecule has 8 heterocycles. The summed E-state index contributed by atoms with van der Waals surface area (Å²) in [6, 6.07) is 24.7. The van der Waals surface area contributed by atoms with Crippen molar-refractivity contribution in [3.05, 3.63) is 121 Å². The highest BCUT2D eigenvalue weighted by molar-refractivity contribution is 5.97. The Labute approximate surface area is 508 Å². The fourth-order valence-corrected chi connectivity index (χ4v) is 12.6. The average Bonchev–Trinajstić information content (AvgIpc) is 3.23. The minimum Gasteiger partial charge on any atom is -0.508 e. The van der Waals surface area contributed by atoms with Gasteiger partial charge in [-0.1, -0.05) is 61.7 Å². The van der Waals surface area contributed by atoms with Crippen molar-refractivity contribution in [2.75, 3.05) is 151 Å². The molecule has 1 N–H and O–H groups in total. The van der Waals surface area contributed by atoms with Crippen LogP contribution in [-0.4, -0.2) is 201 Å². The van der Waals surface area contributed by atoms with Gasteiger partial charge in [0.25, 0.3) is 0 Å². The van der Waals surface area contributed by atoms with Crippen LogP contribution in [-0.2, 0) is 40.3 Å². The van der Waals surface area contributed by atoms with E-state index in [0.717, 1.165) is 125 Å². The molecule has 6 aliphatic rings. The summed E-state index contributed by atoms with van der Waals surface area (Å²) in [5.74, 6) is 2.61. The Morgan fingerprint density at radius 1 is 0.593 bits per heavy atom. The summed E-state index contributed by atoms with van der Waals surface area (Å²) in [6.45, 7) is 19.8. The molecule has 6 aliphatic heterocycles. The first-order valence-electron chi connectivity index (χ1n) is 30.0. The van der Waals surface area contributed by atoms with E-state index in [4.69, 9.17) is 38.9 Å². The largest absolute Gasteiger partial charge is 0.508 e. The highest BCUT2D eigenvalue weighted by Gasteiger charge is 2.32. The molecule has 0 radical (unpaired) electrons. The molecule has 0 aliphatic carbocycles. The van der Waals surface area contributed by atoms with Crippen LogP contribution >= 0.6 is 12.4 Å². The van der Waals surface area contributed by atoms with Gasteiger partial charge in [-0.05, 0) is 86.7 Å². The number of piperidine rings is 2. The van der Waals surface area contributed by atoms with Gasteiger partial charge in [0.15, 0.2) is 6.79 Å². The highest BCUT2D eigenvalue weighted by Crippen LogP contribution is 2.39. The molecule has 22 heteroatoms. The minimum absolute atomic E-state index is 0. The second-order valence-electron chi connectivity index (χ2n) is 22.6. The molecular weight excluding hydrogens is 1120 g/mol. The van der Waals surface area contributed by atoms with Crippen molar-refractivity contribution in [1.29, 1.82) is 0 Å². The first kappa shape index (κ1) is 61.5. The molecule has 6 aromatic rings. The molecule has 4 fully saturated rings. The van der Waals surface area contributed by atoms with Crippen LogP contribution < -0.4 is 33.8 Å². The predicted octanol–water partition coefficient (Wildman–Crippen LogP) is 7.79. The summed E-state index contributed by atoms with van der Waals surface area (Å²) in [6.07, 6.45) is 5.68. The van der Waals surface area contributed by atoms with Crippen molar-refractivity contribution in [3.8, 4) is 23.5 Å². The third kappa shape index (κ3) is 14.6. The lowest BCUT2D eigenvalue weighted by atomic mass is 10.0. The number of hydrogen-bond donors (Lipinski definition) is 1. The molecule has 2 amide bonds. The number of carbonyl (C=O) groups excluding carboxylic acids is 2. The maximum Gasteiger partial charge on any atom is 0.318 e. The number of likely N-dealkylation sites (tertiary alicyclic amines) is 2. The number of rotatable bonds is 17. The molecule has 86 heavy (non-hydrogen) atoms. The number of carbonyl (C=O) groups is 2. The SMILES string of the molecule is C=CC(=O)N1CCN(c2nc(OCCN3CCC[C@@H](F)C3)nc3c2CCN(c2cc(O)cc4ccccc24)C3)CC1.C=CC(=O)N1CCN(c2nc(OCCN3CCC[C@@H](F)C3)nc3c2CCN(c2cc(OCOC)cc4ccccc24)C3)CC1.Cl. The molecule has 12 rings (SSSR count). The van der Waals surface area contributed by atoms with Gasteiger partial charge in [-0.15, -0.1) is 12.4 Å². The van der Waals surface area contributed by atoms with Crippen LogP contribution in [0.25, 0.3) is 21.5 Å². The maximum absolute atomic E-state index is 13.9. The fraction of sp³-hybridized carbons (Fsp3) is 0.469. The highest BCUT2D eigenvalue weighted by atomic mass is 35.5. The van der Waals surface area contributed by atoms with E-state index in [2.05, 4.69) is 72.9 Å². The van der Waals surface area contributed by atoms with Gasteiger partial charge in [0.1, 0.15) is 48.7 Å². The van der Waals surface area contributed by atoms with Gasteiger partial charge < -0.3 is 53.5 Å². The van der Waals surface area contributed by atoms with Gasteiger partial charge in [-0.3, -0.25) is 19.4 Å². The number of hydrogen-bond acceptors (Lipinski definition) is 17. The van der Waals surface area contributed by atoms with Gasteiger partial charge >= 0.3 is 12.0 Å². The van der Waals surface area contributed by atoms with Crippen LogP contribution in [0.5, 0.6) is 23.5 Å². The lowest BCUT2D eigenvalue weighted by Gasteiger charge is -2.38. The molecule has 0 bridgehead atoms. The summed E-state index contributed by atoms with van der Waals surface area (Å²) in [5.41, 5.74) is 6.08. The van der Waals surface area contributed by atoms with Crippen LogP contribution in [0.2, 0.25) is 0 Å². The monoisotopic (exact) mass is 1200 g/mol. The van der Waals surface area contributed by atoms with Gasteiger partial charge in [-0.2, -0.15) is 19.9 Å². The van der Waals surface area contributed by atoms with Crippen LogP contribution in [0.3, 0.4) is 0 Å². The Kier molecular flexibility index (Phi) is 20.5. The molecule has 458 valence electrons. The summed E-state index contributed by atoms with van der Waals surface area (Å²) in [5, 5.41) is 14.8. The standard InChI is InChI=1S/C33H41FN6O4.C31H37FN6O3.ClH/c1-3-31(41)38-13-15-39(16-14-38)32-28-10-12-40(30-20-26(44-23-42-2)19-24-7-4-5-9-27(24)30)22-29(28)35-33(36-32)43-18-17-37-11-6-8-25(34)21-37;1-2-29(40)36-12-14-37(15-13-36)30-26-9-11-38(28-19-24(39)18-22-6-3-4-8-25(22)28)21-27(26)33-31(34-30)41-17-16-35-10-5-7-23(32)20-35;/h3-5,7,9,19-20,25H,1,6,8,10-18,21-23H2,2H3;2-4,6,8,18-19,23,39H,1,5,7,9-17,20-21H2;1H/t25-;23-;/m11./s1. The Morgan fingerprint density at radius 2 is 1.06 bits per heavy atom. The number of methoxy groups -OCH3 is 1. The van der Waals surface area contributed by atoms with E-state index in [-0.39, 0.29) is 36.8 Å². The Bertz CT molecular complexity index is 3350. The number of benzene rings is 4. The number of ether oxygens (including phenoxy) is 4. The molecular formula is C64H79ClF2N12O7. The smallest absolute Gasteiger partial charge is 0.318 e. The van der Waals surface area contributed by atoms with Crippen LogP contribution in [0.1, 0.15) is 48.2 Å². The molecule has 0 unspecified atom stereocenters. The van der Waals surface area contributed by atoms with E-state index in [1.165, 1.54) is 12.2 Å². The second-order valence-corrected chi connectivity index (χ2v) is 22.6. The van der Waals surface area contributed by atoms with Crippen LogP contribution in [0.4, 0.5) is 31.8 Å². The van der Waals surface area contributed by atoms with Gasteiger partial charge in [0.05, 0.1) is 24.5 Å². The average molecular weight is 1200 g/mol. The van der Waals surface area contributed by atoms with E-state index >= 15 is 0 Å². The van der Waals surface area contributed by atoms with Crippen molar-refractivity contribution in [2.45, 2.75) is 64.0 Å². The van der Waals surface area contributed by atoms with E-state index in [1.54, 1.807) is 18.1 Å². The lowest BCUT2D eigenvalue weighted by molar-refractivity contribution is -0.127. The normalized spacial score (nSPS) is 19.2. The number of fused-ring (bicyclic) bond motifs is 4. The molecule has 0 spiro atoms. The third-order valence-electron chi connectivity index (χ3n) is 17.0. The first-order chi connectivity index (χ1) is 41.5. The number of anilines is 4. The zero-order valence-electron chi connectivity index (χ0n) is 49.2. The van der Waals surface area contributed by atoms with Crippen molar-refractivity contribution in [1.82, 2.24) is 39.5 Å². The molecule has 19 nitrogen and oxygen atoms in total. The number of phenols is 1. The predicted molar refractivity (Wildman–Crippen MR) is 333 cm³/mol. The van der Waals surface area contributed by atoms with Crippen molar-refractivity contribution < 1.29 is 42.4 Å². The summed E-state index contributed by atoms with van der Waals surface area (Å²) < 4.78 is 51.1. The Hall–Kier alpha value is -7.59. The molecule has 0 saturated carbocycles. The summed E-state index contributed by atoms with van der Waals surface area (Å²) >= 11 is 0. The topological polar surface area (TPSA) is 169 Å². The number of aromatic hydroxyl groups is 1. The molecule has 2 aromatic heterocycles. The van der Waals surface area contributed by atoms with Gasteiger partial charge in [0, 0.05) is 144 Å². The van der Waals surface area contributed by atoms with Crippen molar-refractivity contribution in [2.24, 2.45) is 0 Å². The number of nitrogens with zero attached hydrogens (tertiary/aromatic N) is 12. The lowest BCUT2D eigenvalue weighted by Crippen LogP contribution is -2.49. The number of amides is 2. The van der Waals surface area contributed by atoms with Crippen LogP contribution in [0, 0.1) is 0 Å². The van der Waals surface area contributed by atoms with Crippen LogP contribution in [0.15, 0.2) is 98.1 Å². The zero-order chi connectivity index (χ0) is 58.8. The van der Waals surface area contributed by atoms with Crippen molar-refractivity contribution >= 4 is 68.8 Å². The van der Waals surface area contributed by atoms with E-state index in [1.807, 2.05) is 41.3 Å². The van der Waals surface area contributed by atoms with E-state index in [0.29, 0.717) is 130 Å². The van der Waals surface area contributed by atoms with Gasteiger partial charge in [-0.25, -0.2) is 8.78 Å². The first-order valence-corrected chi connectivity index (χ1v) is 30.0. The quantitative estimate of drug-likeness (QED) is 0.0693. The molecule has 2 atom stereocenters. The minimum atomic E-state index is -0.776. The van der Waals surface area contributed by atoms with E-state index in [9.17, 15) is 23.5 Å². The third-order valence-corrected chi connectivity index (χ3v) is 17.0. The summed E-state index contributed by atoms with van der Waals surface area (Å²) in [7, 11) is 1.61. The Balaban J connectivity index is 0.000000189. The summed E-state index contributed by atoms with van der Waals surface area (Å²) in [4.78, 5) is 60.8. The number of phenolic OH excluding ortho intramolecular Hbond substituents is 1. The number of aromatic nitrogens is 4. The number of halogens is 3. The fourth-order valence-electron chi connectivity index (χ4n) is 12.6. The maximum atomic E-state index is 13.9.